The van der Waals surface area contributed by atoms with Gasteiger partial charge in [0.15, 0.2) is 6.10 Å². The number of nitrogens with one attached hydrogen (secondary N) is 1. The number of carbonyl (C=O) groups is 2. The molecule has 0 aliphatic heterocycles. The summed E-state index contributed by atoms with van der Waals surface area (Å²) in [5.41, 5.74) is 0. The van der Waals surface area contributed by atoms with Gasteiger partial charge in [0, 0.05) is 15.7 Å². The number of carbonyl (C=O) groups excluding carboxylic acids is 2. The zero-order valence-corrected chi connectivity index (χ0v) is 14.7. The van der Waals surface area contributed by atoms with Crippen molar-refractivity contribution >= 4 is 35.2 Å². The minimum Gasteiger partial charge on any atom is -0.467 e. The molecule has 7 heteroatoms. The first-order valence-corrected chi connectivity index (χ1v) is 8.79. The number of benzene rings is 1. The van der Waals surface area contributed by atoms with Crippen molar-refractivity contribution in [1.82, 2.24) is 5.32 Å². The molecule has 1 atom stereocenters. The van der Waals surface area contributed by atoms with Crippen LogP contribution in [0.25, 0.3) is 0 Å². The molecule has 1 aromatic carbocycles. The molecule has 0 bridgehead atoms. The lowest BCUT2D eigenvalue weighted by molar-refractivity contribution is -0.154. The summed E-state index contributed by atoms with van der Waals surface area (Å²) in [6.45, 7) is 1.81. The maximum Gasteiger partial charge on any atom is 0.307 e. The lowest BCUT2D eigenvalue weighted by Crippen LogP contribution is -2.35. The number of furan rings is 1. The molecule has 5 nitrogen and oxygen atoms in total. The number of hydrogen-bond acceptors (Lipinski definition) is 5. The van der Waals surface area contributed by atoms with E-state index < -0.39 is 12.1 Å². The number of halogens is 1. The number of thioether (sulfide) groups is 1. The molecule has 2 aromatic rings. The third kappa shape index (κ3) is 6.29. The highest BCUT2D eigenvalue weighted by molar-refractivity contribution is 7.99. The van der Waals surface area contributed by atoms with E-state index >= 15 is 0 Å². The maximum absolute atomic E-state index is 11.9. The first-order valence-electron chi connectivity index (χ1n) is 7.42. The number of amides is 1. The van der Waals surface area contributed by atoms with Gasteiger partial charge in [-0.1, -0.05) is 11.6 Å². The van der Waals surface area contributed by atoms with Gasteiger partial charge in [-0.2, -0.15) is 0 Å². The number of ether oxygens (including phenoxy) is 1. The predicted molar refractivity (Wildman–Crippen MR) is 92.9 cm³/mol. The van der Waals surface area contributed by atoms with Gasteiger partial charge in [-0.25, -0.2) is 0 Å². The van der Waals surface area contributed by atoms with E-state index in [2.05, 4.69) is 5.32 Å². The van der Waals surface area contributed by atoms with Crippen LogP contribution in [0.5, 0.6) is 0 Å². The Kier molecular flexibility index (Phi) is 7.21. The number of esters is 1. The molecule has 128 valence electrons. The molecule has 0 unspecified atom stereocenters. The van der Waals surface area contributed by atoms with Crippen molar-refractivity contribution in [3.05, 3.63) is 53.4 Å². The second-order valence-corrected chi connectivity index (χ2v) is 6.59. The molecule has 24 heavy (non-hydrogen) atoms. The molecule has 1 heterocycles. The van der Waals surface area contributed by atoms with Crippen molar-refractivity contribution in [2.75, 3.05) is 5.75 Å². The minimum atomic E-state index is -0.840. The first-order chi connectivity index (χ1) is 11.5. The third-order valence-corrected chi connectivity index (χ3v) is 4.35. The van der Waals surface area contributed by atoms with Gasteiger partial charge in [-0.05, 0) is 43.3 Å². The van der Waals surface area contributed by atoms with Crippen LogP contribution in [-0.4, -0.2) is 23.7 Å². The van der Waals surface area contributed by atoms with Gasteiger partial charge in [-0.15, -0.1) is 11.8 Å². The van der Waals surface area contributed by atoms with Crippen molar-refractivity contribution in [2.45, 2.75) is 30.9 Å². The molecule has 0 saturated carbocycles. The van der Waals surface area contributed by atoms with E-state index in [1.165, 1.54) is 18.0 Å². The summed E-state index contributed by atoms with van der Waals surface area (Å²) in [6, 6.07) is 10.9. The van der Waals surface area contributed by atoms with Crippen LogP contribution in [0.4, 0.5) is 0 Å². The Balaban J connectivity index is 1.65. The topological polar surface area (TPSA) is 68.5 Å². The van der Waals surface area contributed by atoms with Gasteiger partial charge in [-0.3, -0.25) is 9.59 Å². The van der Waals surface area contributed by atoms with Crippen molar-refractivity contribution < 1.29 is 18.7 Å². The van der Waals surface area contributed by atoms with Gasteiger partial charge in [0.2, 0.25) is 0 Å². The van der Waals surface area contributed by atoms with Gasteiger partial charge in [0.05, 0.1) is 19.2 Å². The second-order valence-electron chi connectivity index (χ2n) is 4.98. The van der Waals surface area contributed by atoms with Crippen LogP contribution in [0.1, 0.15) is 19.1 Å². The first kappa shape index (κ1) is 18.4. The van der Waals surface area contributed by atoms with Crippen molar-refractivity contribution in [3.63, 3.8) is 0 Å². The fraction of sp³-hybridized carbons (Fsp3) is 0.294. The van der Waals surface area contributed by atoms with Crippen molar-refractivity contribution in [1.29, 1.82) is 0 Å². The lowest BCUT2D eigenvalue weighted by Gasteiger charge is -2.13. The number of hydrogen-bond donors (Lipinski definition) is 1. The molecular weight excluding hydrogens is 350 g/mol. The Bertz CT molecular complexity index is 658. The van der Waals surface area contributed by atoms with Crippen molar-refractivity contribution in [3.8, 4) is 0 Å². The summed E-state index contributed by atoms with van der Waals surface area (Å²) in [4.78, 5) is 24.7. The highest BCUT2D eigenvalue weighted by Crippen LogP contribution is 2.21. The zero-order valence-electron chi connectivity index (χ0n) is 13.2. The van der Waals surface area contributed by atoms with E-state index in [-0.39, 0.29) is 18.9 Å². The molecule has 0 saturated heterocycles. The van der Waals surface area contributed by atoms with Gasteiger partial charge < -0.3 is 14.5 Å². The van der Waals surface area contributed by atoms with Crippen LogP contribution in [0, 0.1) is 0 Å². The summed E-state index contributed by atoms with van der Waals surface area (Å²) in [7, 11) is 0. The summed E-state index contributed by atoms with van der Waals surface area (Å²) in [5.74, 6) is 0.449. The van der Waals surface area contributed by atoms with E-state index in [0.717, 1.165) is 4.90 Å². The van der Waals surface area contributed by atoms with Crippen LogP contribution >= 0.6 is 23.4 Å². The fourth-order valence-electron chi connectivity index (χ4n) is 1.82. The molecule has 2 rings (SSSR count). The van der Waals surface area contributed by atoms with Crippen LogP contribution in [0.2, 0.25) is 5.02 Å². The van der Waals surface area contributed by atoms with Crippen molar-refractivity contribution in [2.24, 2.45) is 0 Å². The van der Waals surface area contributed by atoms with E-state index in [1.54, 1.807) is 31.2 Å². The fourth-order valence-corrected chi connectivity index (χ4v) is 2.78. The molecular formula is C17H18ClNO4S. The van der Waals surface area contributed by atoms with E-state index in [0.29, 0.717) is 16.5 Å². The summed E-state index contributed by atoms with van der Waals surface area (Å²) in [6.07, 6.45) is 0.917. The molecule has 0 aliphatic carbocycles. The molecule has 0 radical (unpaired) electrons. The van der Waals surface area contributed by atoms with Gasteiger partial charge in [0.1, 0.15) is 5.76 Å². The Morgan fingerprint density at radius 3 is 2.71 bits per heavy atom. The van der Waals surface area contributed by atoms with Gasteiger partial charge in [0.25, 0.3) is 5.91 Å². The normalized spacial score (nSPS) is 11.8. The summed E-state index contributed by atoms with van der Waals surface area (Å²) in [5, 5.41) is 3.32. The summed E-state index contributed by atoms with van der Waals surface area (Å²) < 4.78 is 10.2. The highest BCUT2D eigenvalue weighted by Gasteiger charge is 2.17. The maximum atomic E-state index is 11.9. The Hall–Kier alpha value is -1.92. The summed E-state index contributed by atoms with van der Waals surface area (Å²) >= 11 is 7.34. The standard InChI is InChI=1S/C17H18ClNO4S/c1-12(17(21)19-11-14-3-2-9-22-14)23-16(20)8-10-24-15-6-4-13(18)5-7-15/h2-7,9,12H,8,10-11H2,1H3,(H,19,21)/t12-/m1/s1. The zero-order chi connectivity index (χ0) is 17.4. The molecule has 0 fully saturated rings. The second kappa shape index (κ2) is 9.39. The average Bonchev–Trinajstić information content (AvgIpc) is 3.08. The molecule has 0 spiro atoms. The van der Waals surface area contributed by atoms with E-state index in [9.17, 15) is 9.59 Å². The minimum absolute atomic E-state index is 0.225. The van der Waals surface area contributed by atoms with Gasteiger partial charge >= 0.3 is 5.97 Å². The largest absolute Gasteiger partial charge is 0.467 e. The molecule has 1 N–H and O–H groups in total. The van der Waals surface area contributed by atoms with Crippen LogP contribution in [0.3, 0.4) is 0 Å². The lowest BCUT2D eigenvalue weighted by atomic mass is 10.3. The Morgan fingerprint density at radius 1 is 1.29 bits per heavy atom. The van der Waals surface area contributed by atoms with Crippen LogP contribution in [-0.2, 0) is 20.9 Å². The highest BCUT2D eigenvalue weighted by atomic mass is 35.5. The number of rotatable bonds is 8. The smallest absolute Gasteiger partial charge is 0.307 e. The van der Waals surface area contributed by atoms with Crippen LogP contribution < -0.4 is 5.32 Å². The third-order valence-electron chi connectivity index (χ3n) is 3.08. The SMILES string of the molecule is C[C@@H](OC(=O)CCSc1ccc(Cl)cc1)C(=O)NCc1ccco1. The van der Waals surface area contributed by atoms with E-state index in [1.807, 2.05) is 12.1 Å². The molecule has 0 aliphatic rings. The Labute approximate surface area is 149 Å². The van der Waals surface area contributed by atoms with E-state index in [4.69, 9.17) is 20.8 Å². The quantitative estimate of drug-likeness (QED) is 0.569. The molecule has 1 aromatic heterocycles. The monoisotopic (exact) mass is 367 g/mol. The average molecular weight is 368 g/mol. The van der Waals surface area contributed by atoms with Crippen LogP contribution in [0.15, 0.2) is 52.0 Å². The Morgan fingerprint density at radius 2 is 2.04 bits per heavy atom. The predicted octanol–water partition coefficient (Wildman–Crippen LogP) is 3.66. The molecule has 1 amide bonds.